The lowest BCUT2D eigenvalue weighted by atomic mass is 10.1. The van der Waals surface area contributed by atoms with E-state index in [9.17, 15) is 9.59 Å². The van der Waals surface area contributed by atoms with Crippen LogP contribution in [0.2, 0.25) is 0 Å². The van der Waals surface area contributed by atoms with E-state index in [0.717, 1.165) is 28.9 Å². The minimum absolute atomic E-state index is 0.191. The normalized spacial score (nSPS) is 13.2. The molecule has 0 bridgehead atoms. The standard InChI is InChI=1S/C16H20O4/c1-3-19-16(18)5-4-8-20-15-10-13-12(9-11(15)2)6-7-14(13)17/h9-10H,3-8H2,1-2H3. The van der Waals surface area contributed by atoms with Gasteiger partial charge >= 0.3 is 5.97 Å². The monoisotopic (exact) mass is 276 g/mol. The van der Waals surface area contributed by atoms with Crippen LogP contribution in [0.3, 0.4) is 0 Å². The summed E-state index contributed by atoms with van der Waals surface area (Å²) in [6, 6.07) is 3.87. The van der Waals surface area contributed by atoms with Crippen LogP contribution in [-0.4, -0.2) is 25.0 Å². The van der Waals surface area contributed by atoms with Crippen molar-refractivity contribution in [2.45, 2.75) is 39.5 Å². The summed E-state index contributed by atoms with van der Waals surface area (Å²) in [6.45, 7) is 4.63. The van der Waals surface area contributed by atoms with E-state index >= 15 is 0 Å². The van der Waals surface area contributed by atoms with Gasteiger partial charge in [-0.2, -0.15) is 0 Å². The minimum Gasteiger partial charge on any atom is -0.493 e. The Morgan fingerprint density at radius 1 is 1.30 bits per heavy atom. The van der Waals surface area contributed by atoms with Crippen LogP contribution in [0, 0.1) is 6.92 Å². The van der Waals surface area contributed by atoms with E-state index in [1.807, 2.05) is 19.1 Å². The van der Waals surface area contributed by atoms with Gasteiger partial charge in [-0.3, -0.25) is 9.59 Å². The van der Waals surface area contributed by atoms with E-state index in [1.54, 1.807) is 6.92 Å². The van der Waals surface area contributed by atoms with Gasteiger partial charge in [-0.05, 0) is 43.9 Å². The molecule has 4 heteroatoms. The van der Waals surface area contributed by atoms with Crippen molar-refractivity contribution in [2.75, 3.05) is 13.2 Å². The summed E-state index contributed by atoms with van der Waals surface area (Å²) in [5.74, 6) is 0.733. The van der Waals surface area contributed by atoms with Crippen molar-refractivity contribution in [3.05, 3.63) is 28.8 Å². The highest BCUT2D eigenvalue weighted by atomic mass is 16.5. The molecule has 1 aromatic rings. The molecule has 0 fully saturated rings. The maximum absolute atomic E-state index is 11.7. The van der Waals surface area contributed by atoms with Gasteiger partial charge < -0.3 is 9.47 Å². The zero-order valence-electron chi connectivity index (χ0n) is 12.0. The molecule has 20 heavy (non-hydrogen) atoms. The third-order valence-corrected chi connectivity index (χ3v) is 3.41. The fourth-order valence-electron chi connectivity index (χ4n) is 2.38. The maximum atomic E-state index is 11.7. The molecule has 4 nitrogen and oxygen atoms in total. The van der Waals surface area contributed by atoms with Crippen molar-refractivity contribution >= 4 is 11.8 Å². The van der Waals surface area contributed by atoms with Crippen LogP contribution in [0.25, 0.3) is 0 Å². The molecule has 0 radical (unpaired) electrons. The lowest BCUT2D eigenvalue weighted by molar-refractivity contribution is -0.143. The third-order valence-electron chi connectivity index (χ3n) is 3.41. The smallest absolute Gasteiger partial charge is 0.305 e. The van der Waals surface area contributed by atoms with Crippen LogP contribution >= 0.6 is 0 Å². The number of Topliss-reactive ketones (excluding diaryl/α,β-unsaturated/α-hetero) is 1. The predicted octanol–water partition coefficient (Wildman–Crippen LogP) is 2.85. The Morgan fingerprint density at radius 2 is 2.10 bits per heavy atom. The highest BCUT2D eigenvalue weighted by molar-refractivity contribution is 6.00. The van der Waals surface area contributed by atoms with Gasteiger partial charge in [0.2, 0.25) is 0 Å². The summed E-state index contributed by atoms with van der Waals surface area (Å²) in [4.78, 5) is 22.9. The van der Waals surface area contributed by atoms with E-state index in [-0.39, 0.29) is 11.8 Å². The van der Waals surface area contributed by atoms with Crippen molar-refractivity contribution in [1.82, 2.24) is 0 Å². The van der Waals surface area contributed by atoms with E-state index in [0.29, 0.717) is 32.5 Å². The Kier molecular flexibility index (Phi) is 4.77. The van der Waals surface area contributed by atoms with E-state index in [2.05, 4.69) is 0 Å². The first-order chi connectivity index (χ1) is 9.61. The molecule has 0 N–H and O–H groups in total. The SMILES string of the molecule is CCOC(=O)CCCOc1cc2c(cc1C)CCC2=O. The molecular weight excluding hydrogens is 256 g/mol. The van der Waals surface area contributed by atoms with E-state index < -0.39 is 0 Å². The van der Waals surface area contributed by atoms with Gasteiger partial charge in [0, 0.05) is 18.4 Å². The van der Waals surface area contributed by atoms with Crippen LogP contribution in [0.4, 0.5) is 0 Å². The van der Waals surface area contributed by atoms with Crippen LogP contribution < -0.4 is 4.74 Å². The summed E-state index contributed by atoms with van der Waals surface area (Å²) >= 11 is 0. The molecule has 0 aromatic heterocycles. The van der Waals surface area contributed by atoms with Crippen molar-refractivity contribution < 1.29 is 19.1 Å². The zero-order valence-corrected chi connectivity index (χ0v) is 12.0. The Balaban J connectivity index is 1.89. The molecule has 2 rings (SSSR count). The Morgan fingerprint density at radius 3 is 2.85 bits per heavy atom. The average molecular weight is 276 g/mol. The molecule has 0 saturated heterocycles. The summed E-state index contributed by atoms with van der Waals surface area (Å²) in [6.07, 6.45) is 2.40. The first-order valence-corrected chi connectivity index (χ1v) is 7.07. The topological polar surface area (TPSA) is 52.6 Å². The van der Waals surface area contributed by atoms with Gasteiger partial charge in [-0.15, -0.1) is 0 Å². The van der Waals surface area contributed by atoms with Gasteiger partial charge in [0.05, 0.1) is 13.2 Å². The van der Waals surface area contributed by atoms with Crippen LogP contribution in [0.1, 0.15) is 47.7 Å². The predicted molar refractivity (Wildman–Crippen MR) is 75.2 cm³/mol. The number of carbonyl (C=O) groups is 2. The second-order valence-corrected chi connectivity index (χ2v) is 4.96. The number of benzene rings is 1. The number of hydrogen-bond donors (Lipinski definition) is 0. The zero-order chi connectivity index (χ0) is 14.5. The van der Waals surface area contributed by atoms with Gasteiger partial charge in [0.15, 0.2) is 5.78 Å². The molecule has 1 aromatic carbocycles. The molecule has 0 atom stereocenters. The Labute approximate surface area is 119 Å². The van der Waals surface area contributed by atoms with Gasteiger partial charge in [0.25, 0.3) is 0 Å². The quantitative estimate of drug-likeness (QED) is 0.592. The van der Waals surface area contributed by atoms with Gasteiger partial charge in [0.1, 0.15) is 5.75 Å². The van der Waals surface area contributed by atoms with Crippen molar-refractivity contribution in [3.8, 4) is 5.75 Å². The number of fused-ring (bicyclic) bond motifs is 1. The second-order valence-electron chi connectivity index (χ2n) is 4.96. The molecule has 1 aliphatic rings. The molecule has 0 aliphatic heterocycles. The minimum atomic E-state index is -0.197. The van der Waals surface area contributed by atoms with Crippen LogP contribution in [0.15, 0.2) is 12.1 Å². The number of ether oxygens (including phenoxy) is 2. The lowest BCUT2D eigenvalue weighted by Crippen LogP contribution is -2.07. The second kappa shape index (κ2) is 6.55. The molecule has 0 spiro atoms. The first kappa shape index (κ1) is 14.6. The van der Waals surface area contributed by atoms with Gasteiger partial charge in [-0.1, -0.05) is 6.07 Å². The maximum Gasteiger partial charge on any atom is 0.305 e. The number of aryl methyl sites for hydroxylation is 2. The third kappa shape index (κ3) is 3.38. The first-order valence-electron chi connectivity index (χ1n) is 7.07. The largest absolute Gasteiger partial charge is 0.493 e. The molecule has 108 valence electrons. The van der Waals surface area contributed by atoms with Gasteiger partial charge in [-0.25, -0.2) is 0 Å². The number of esters is 1. The highest BCUT2D eigenvalue weighted by Gasteiger charge is 2.21. The molecule has 1 aliphatic carbocycles. The van der Waals surface area contributed by atoms with E-state index in [4.69, 9.17) is 9.47 Å². The average Bonchev–Trinajstić information content (AvgIpc) is 2.76. The van der Waals surface area contributed by atoms with E-state index in [1.165, 1.54) is 0 Å². The Bertz CT molecular complexity index is 519. The van der Waals surface area contributed by atoms with Crippen molar-refractivity contribution in [3.63, 3.8) is 0 Å². The summed E-state index contributed by atoms with van der Waals surface area (Å²) in [7, 11) is 0. The summed E-state index contributed by atoms with van der Waals surface area (Å²) < 4.78 is 10.5. The fraction of sp³-hybridized carbons (Fsp3) is 0.500. The number of rotatable bonds is 6. The number of ketones is 1. The lowest BCUT2D eigenvalue weighted by Gasteiger charge is -2.11. The molecular formula is C16H20O4. The molecule has 0 amide bonds. The number of hydrogen-bond acceptors (Lipinski definition) is 4. The summed E-state index contributed by atoms with van der Waals surface area (Å²) in [5, 5.41) is 0. The fourth-order valence-corrected chi connectivity index (χ4v) is 2.38. The van der Waals surface area contributed by atoms with Crippen LogP contribution in [0.5, 0.6) is 5.75 Å². The number of carbonyl (C=O) groups excluding carboxylic acids is 2. The highest BCUT2D eigenvalue weighted by Crippen LogP contribution is 2.29. The van der Waals surface area contributed by atoms with Crippen molar-refractivity contribution in [2.24, 2.45) is 0 Å². The molecule has 0 heterocycles. The van der Waals surface area contributed by atoms with Crippen LogP contribution in [-0.2, 0) is 16.0 Å². The summed E-state index contributed by atoms with van der Waals surface area (Å²) in [5.41, 5.74) is 2.94. The molecule has 0 unspecified atom stereocenters. The molecule has 0 saturated carbocycles. The Hall–Kier alpha value is -1.84. The van der Waals surface area contributed by atoms with Crippen molar-refractivity contribution in [1.29, 1.82) is 0 Å².